The lowest BCUT2D eigenvalue weighted by Gasteiger charge is -2.14. The molecule has 0 unspecified atom stereocenters. The Morgan fingerprint density at radius 2 is 2.16 bits per heavy atom. The van der Waals surface area contributed by atoms with Crippen LogP contribution in [0, 0.1) is 10.1 Å². The summed E-state index contributed by atoms with van der Waals surface area (Å²) in [5.74, 6) is 0.402. The first-order valence-electron chi connectivity index (χ1n) is 9.75. The van der Waals surface area contributed by atoms with Crippen LogP contribution in [0.4, 0.5) is 5.69 Å². The van der Waals surface area contributed by atoms with Gasteiger partial charge in [0.25, 0.3) is 5.56 Å². The summed E-state index contributed by atoms with van der Waals surface area (Å²) < 4.78 is 7.30. The maximum Gasteiger partial charge on any atom is 0.313 e. The van der Waals surface area contributed by atoms with Crippen molar-refractivity contribution in [3.05, 3.63) is 84.3 Å². The number of benzene rings is 2. The summed E-state index contributed by atoms with van der Waals surface area (Å²) in [4.78, 5) is 28.7. The highest BCUT2D eigenvalue weighted by Gasteiger charge is 2.20. The van der Waals surface area contributed by atoms with E-state index < -0.39 is 4.92 Å². The first-order chi connectivity index (χ1) is 15.3. The third-order valence-corrected chi connectivity index (χ3v) is 5.57. The Balaban J connectivity index is 2.15. The molecule has 0 radical (unpaired) electrons. The van der Waals surface area contributed by atoms with Crippen molar-refractivity contribution in [2.24, 2.45) is 5.10 Å². The van der Waals surface area contributed by atoms with Gasteiger partial charge in [0.15, 0.2) is 0 Å². The van der Waals surface area contributed by atoms with Gasteiger partial charge < -0.3 is 4.74 Å². The van der Waals surface area contributed by atoms with Crippen molar-refractivity contribution in [1.82, 2.24) is 9.66 Å². The molecule has 0 fully saturated rings. The molecule has 0 saturated carbocycles. The highest BCUT2D eigenvalue weighted by atomic mass is 79.9. The molecule has 3 rings (SSSR count). The molecule has 3 aromatic rings. The van der Waals surface area contributed by atoms with Crippen LogP contribution in [0.25, 0.3) is 10.9 Å². The van der Waals surface area contributed by atoms with Gasteiger partial charge in [-0.25, -0.2) is 4.98 Å². The number of nitro benzene ring substituents is 1. The van der Waals surface area contributed by atoms with E-state index in [4.69, 9.17) is 16.3 Å². The van der Waals surface area contributed by atoms with E-state index in [1.807, 2.05) is 19.9 Å². The summed E-state index contributed by atoms with van der Waals surface area (Å²) in [6.45, 7) is 7.53. The number of nitro groups is 1. The topological polar surface area (TPSA) is 99.6 Å². The number of hydrogen-bond donors (Lipinski definition) is 0. The molecule has 0 saturated heterocycles. The maximum atomic E-state index is 13.2. The van der Waals surface area contributed by atoms with Gasteiger partial charge in [-0.15, -0.1) is 0 Å². The number of halogens is 2. The molecule has 1 aromatic heterocycles. The van der Waals surface area contributed by atoms with E-state index in [1.165, 1.54) is 29.1 Å². The highest BCUT2D eigenvalue weighted by Crippen LogP contribution is 2.36. The van der Waals surface area contributed by atoms with Crippen molar-refractivity contribution in [2.45, 2.75) is 26.2 Å². The van der Waals surface area contributed by atoms with Gasteiger partial charge in [-0.05, 0) is 30.7 Å². The predicted octanol–water partition coefficient (Wildman–Crippen LogP) is 5.68. The van der Waals surface area contributed by atoms with Gasteiger partial charge in [0.1, 0.15) is 12.4 Å². The second kappa shape index (κ2) is 10.1. The van der Waals surface area contributed by atoms with Crippen molar-refractivity contribution < 1.29 is 9.66 Å². The molecule has 0 bridgehead atoms. The van der Waals surface area contributed by atoms with Gasteiger partial charge in [-0.1, -0.05) is 54.0 Å². The zero-order valence-corrected chi connectivity index (χ0v) is 19.8. The summed E-state index contributed by atoms with van der Waals surface area (Å²) in [6.07, 6.45) is 3.55. The molecule has 1 atom stereocenters. The van der Waals surface area contributed by atoms with Gasteiger partial charge in [0, 0.05) is 22.0 Å². The number of aromatic nitrogens is 2. The van der Waals surface area contributed by atoms with Crippen LogP contribution >= 0.6 is 27.5 Å². The van der Waals surface area contributed by atoms with Crippen LogP contribution in [0.3, 0.4) is 0 Å². The Morgan fingerprint density at radius 3 is 2.81 bits per heavy atom. The molecule has 0 N–H and O–H groups in total. The molecule has 0 aliphatic heterocycles. The summed E-state index contributed by atoms with van der Waals surface area (Å²) in [6, 6.07) is 8.04. The van der Waals surface area contributed by atoms with Crippen LogP contribution in [0.15, 0.2) is 57.4 Å². The van der Waals surface area contributed by atoms with Gasteiger partial charge in [0.2, 0.25) is 5.75 Å². The molecular weight excluding hydrogens is 500 g/mol. The van der Waals surface area contributed by atoms with E-state index in [9.17, 15) is 14.9 Å². The van der Waals surface area contributed by atoms with Gasteiger partial charge in [-0.2, -0.15) is 9.78 Å². The average molecular weight is 520 g/mol. The van der Waals surface area contributed by atoms with Crippen LogP contribution in [0.2, 0.25) is 5.02 Å². The molecule has 10 heteroatoms. The minimum atomic E-state index is -0.590. The number of fused-ring (bicyclic) bond motifs is 1. The Bertz CT molecular complexity index is 1290. The largest absolute Gasteiger partial charge is 0.482 e. The number of ether oxygens (including phenoxy) is 1. The lowest BCUT2D eigenvalue weighted by atomic mass is 10.1. The molecule has 32 heavy (non-hydrogen) atoms. The molecule has 0 spiro atoms. The highest BCUT2D eigenvalue weighted by molar-refractivity contribution is 9.10. The summed E-state index contributed by atoms with van der Waals surface area (Å²) in [5.41, 5.74) is 0.261. The monoisotopic (exact) mass is 518 g/mol. The van der Waals surface area contributed by atoms with E-state index in [1.54, 1.807) is 12.1 Å². The SMILES string of the molecule is C=CCOc1c(Cl)cc(C=Nn2c([C@H](C)CC)nc3ccc(Br)cc3c2=O)cc1[N+](=O)[O-]. The van der Waals surface area contributed by atoms with Crippen LogP contribution in [-0.2, 0) is 0 Å². The minimum Gasteiger partial charge on any atom is -0.482 e. The lowest BCUT2D eigenvalue weighted by molar-refractivity contribution is -0.385. The number of hydrogen-bond acceptors (Lipinski definition) is 6. The van der Waals surface area contributed by atoms with Gasteiger partial charge in [-0.3, -0.25) is 14.9 Å². The fourth-order valence-corrected chi connectivity index (χ4v) is 3.64. The third kappa shape index (κ3) is 4.89. The fourth-order valence-electron chi connectivity index (χ4n) is 3.00. The van der Waals surface area contributed by atoms with E-state index >= 15 is 0 Å². The quantitative estimate of drug-likeness (QED) is 0.165. The minimum absolute atomic E-state index is 0.0412. The van der Waals surface area contributed by atoms with Crippen molar-refractivity contribution >= 4 is 50.3 Å². The average Bonchev–Trinajstić information content (AvgIpc) is 2.77. The van der Waals surface area contributed by atoms with E-state index in [0.29, 0.717) is 22.3 Å². The number of rotatable bonds is 8. The van der Waals surface area contributed by atoms with Crippen LogP contribution in [0.5, 0.6) is 5.75 Å². The van der Waals surface area contributed by atoms with Crippen LogP contribution in [0.1, 0.15) is 37.6 Å². The lowest BCUT2D eigenvalue weighted by Crippen LogP contribution is -2.23. The molecule has 8 nitrogen and oxygen atoms in total. The van der Waals surface area contributed by atoms with Crippen LogP contribution < -0.4 is 10.3 Å². The van der Waals surface area contributed by atoms with E-state index in [0.717, 1.165) is 10.9 Å². The molecule has 0 aliphatic carbocycles. The normalized spacial score (nSPS) is 12.2. The Morgan fingerprint density at radius 1 is 1.41 bits per heavy atom. The van der Waals surface area contributed by atoms with Crippen molar-refractivity contribution in [3.63, 3.8) is 0 Å². The van der Waals surface area contributed by atoms with Crippen LogP contribution in [-0.4, -0.2) is 27.4 Å². The smallest absolute Gasteiger partial charge is 0.313 e. The molecule has 0 aliphatic rings. The summed E-state index contributed by atoms with van der Waals surface area (Å²) in [5, 5.41) is 16.3. The van der Waals surface area contributed by atoms with Gasteiger partial charge >= 0.3 is 5.69 Å². The Kier molecular flexibility index (Phi) is 7.42. The van der Waals surface area contributed by atoms with Gasteiger partial charge in [0.05, 0.1) is 27.1 Å². The Labute approximate surface area is 197 Å². The third-order valence-electron chi connectivity index (χ3n) is 4.80. The van der Waals surface area contributed by atoms with Crippen molar-refractivity contribution in [1.29, 1.82) is 0 Å². The van der Waals surface area contributed by atoms with Crippen molar-refractivity contribution in [3.8, 4) is 5.75 Å². The summed E-state index contributed by atoms with van der Waals surface area (Å²) >= 11 is 9.59. The molecule has 1 heterocycles. The zero-order chi connectivity index (χ0) is 23.4. The second-order valence-electron chi connectivity index (χ2n) is 7.01. The molecule has 166 valence electrons. The molecule has 2 aromatic carbocycles. The number of nitrogens with zero attached hydrogens (tertiary/aromatic N) is 4. The zero-order valence-electron chi connectivity index (χ0n) is 17.4. The predicted molar refractivity (Wildman–Crippen MR) is 129 cm³/mol. The maximum absolute atomic E-state index is 13.2. The van der Waals surface area contributed by atoms with E-state index in [-0.39, 0.29) is 34.5 Å². The first-order valence-corrected chi connectivity index (χ1v) is 10.9. The van der Waals surface area contributed by atoms with Crippen molar-refractivity contribution in [2.75, 3.05) is 6.61 Å². The Hall–Kier alpha value is -3.04. The fraction of sp³-hybridized carbons (Fsp3) is 0.227. The standard InChI is InChI=1S/C22H20BrClN4O4/c1-4-8-32-20-17(24)9-14(10-19(20)28(30)31)12-25-27-21(13(3)5-2)26-18-7-6-15(23)11-16(18)22(27)29/h4,6-7,9-13H,1,5,8H2,2-3H3/t13-/m1/s1. The second-order valence-corrected chi connectivity index (χ2v) is 8.33. The molecular formula is C22H20BrClN4O4. The first kappa shape index (κ1) is 23.6. The molecule has 0 amide bonds. The van der Waals surface area contributed by atoms with E-state index in [2.05, 4.69) is 32.6 Å². The summed E-state index contributed by atoms with van der Waals surface area (Å²) in [7, 11) is 0.